The molecule has 1 saturated heterocycles. The summed E-state index contributed by atoms with van der Waals surface area (Å²) in [6, 6.07) is -0.258. The van der Waals surface area contributed by atoms with Gasteiger partial charge in [-0.3, -0.25) is 4.79 Å². The normalized spacial score (nSPS) is 23.1. The number of nitrogens with one attached hydrogen (secondary N) is 2. The van der Waals surface area contributed by atoms with Crippen LogP contribution in [-0.4, -0.2) is 56.6 Å². The number of carbonyl (C=O) groups excluding carboxylic acids is 1. The van der Waals surface area contributed by atoms with Gasteiger partial charge in [0.05, 0.1) is 12.1 Å². The lowest BCUT2D eigenvalue weighted by molar-refractivity contribution is -0.136. The van der Waals surface area contributed by atoms with E-state index in [9.17, 15) is 4.79 Å². The van der Waals surface area contributed by atoms with Gasteiger partial charge in [0.2, 0.25) is 5.91 Å². The molecule has 1 aliphatic heterocycles. The minimum Gasteiger partial charge on any atom is -0.354 e. The monoisotopic (exact) mass is 248 g/mol. The zero-order valence-electron chi connectivity index (χ0n) is 9.99. The molecule has 6 heteroatoms. The largest absolute Gasteiger partial charge is 0.354 e. The van der Waals surface area contributed by atoms with Crippen LogP contribution in [0.5, 0.6) is 0 Å². The molecule has 1 aliphatic rings. The highest BCUT2D eigenvalue weighted by molar-refractivity contribution is 7.99. The quantitative estimate of drug-likeness (QED) is 0.661. The minimum atomic E-state index is -0.403. The van der Waals surface area contributed by atoms with Gasteiger partial charge >= 0.3 is 0 Å². The topological polar surface area (TPSA) is 59.6 Å². The van der Waals surface area contributed by atoms with Crippen LogP contribution in [0.4, 0.5) is 0 Å². The average molecular weight is 248 g/mol. The van der Waals surface area contributed by atoms with E-state index >= 15 is 0 Å². The summed E-state index contributed by atoms with van der Waals surface area (Å²) >= 11 is 1.79. The van der Waals surface area contributed by atoms with Crippen molar-refractivity contribution in [2.75, 3.05) is 32.3 Å². The zero-order chi connectivity index (χ0) is 12.0. The Bertz CT molecular complexity index is 218. The Balaban J connectivity index is 2.37. The van der Waals surface area contributed by atoms with Gasteiger partial charge in [0, 0.05) is 32.3 Å². The first kappa shape index (κ1) is 13.8. The van der Waals surface area contributed by atoms with Gasteiger partial charge in [0.25, 0.3) is 0 Å². The second kappa shape index (κ2) is 7.11. The maximum absolute atomic E-state index is 11.8. The molecule has 0 aromatic rings. The molecule has 94 valence electrons. The third kappa shape index (κ3) is 3.93. The third-order valence-electron chi connectivity index (χ3n) is 2.48. The van der Waals surface area contributed by atoms with Crippen molar-refractivity contribution >= 4 is 17.7 Å². The summed E-state index contributed by atoms with van der Waals surface area (Å²) in [5, 5.41) is 6.07. The van der Waals surface area contributed by atoms with Gasteiger partial charge in [-0.15, -0.1) is 0 Å². The van der Waals surface area contributed by atoms with E-state index in [1.165, 1.54) is 0 Å². The lowest BCUT2D eigenvalue weighted by atomic mass is 10.2. The summed E-state index contributed by atoms with van der Waals surface area (Å²) in [4.78, 5) is 11.8. The molecule has 0 radical (unpaired) electrons. The molecule has 0 bridgehead atoms. The second-order valence-electron chi connectivity index (χ2n) is 3.72. The SMILES string of the molecule is COC(OC)C(C)NC(=O)C1CSCCN1. The Labute approximate surface area is 101 Å². The van der Waals surface area contributed by atoms with Crippen LogP contribution in [0.15, 0.2) is 0 Å². The predicted octanol–water partition coefficient (Wildman–Crippen LogP) is -0.185. The molecule has 2 unspecified atom stereocenters. The molecule has 16 heavy (non-hydrogen) atoms. The number of amides is 1. The van der Waals surface area contributed by atoms with Gasteiger partial charge in [-0.05, 0) is 6.92 Å². The number of hydrogen-bond donors (Lipinski definition) is 2. The Morgan fingerprint density at radius 2 is 2.19 bits per heavy atom. The van der Waals surface area contributed by atoms with Crippen molar-refractivity contribution in [1.29, 1.82) is 0 Å². The van der Waals surface area contributed by atoms with Crippen LogP contribution in [0.25, 0.3) is 0 Å². The Morgan fingerprint density at radius 3 is 2.69 bits per heavy atom. The summed E-state index contributed by atoms with van der Waals surface area (Å²) in [6.07, 6.45) is -0.403. The highest BCUT2D eigenvalue weighted by Crippen LogP contribution is 2.08. The third-order valence-corrected chi connectivity index (χ3v) is 3.54. The number of thioether (sulfide) groups is 1. The van der Waals surface area contributed by atoms with E-state index in [-0.39, 0.29) is 18.0 Å². The molecule has 0 saturated carbocycles. The van der Waals surface area contributed by atoms with E-state index < -0.39 is 6.29 Å². The van der Waals surface area contributed by atoms with Crippen molar-refractivity contribution in [2.45, 2.75) is 25.3 Å². The molecular formula is C10H20N2O3S. The number of carbonyl (C=O) groups is 1. The van der Waals surface area contributed by atoms with Crippen LogP contribution < -0.4 is 10.6 Å². The summed E-state index contributed by atoms with van der Waals surface area (Å²) in [7, 11) is 3.12. The molecule has 0 aromatic heterocycles. The van der Waals surface area contributed by atoms with Gasteiger partial charge < -0.3 is 20.1 Å². The lowest BCUT2D eigenvalue weighted by Gasteiger charge is -2.27. The van der Waals surface area contributed by atoms with E-state index in [2.05, 4.69) is 10.6 Å². The standard InChI is InChI=1S/C10H20N2O3S/c1-7(10(14-2)15-3)12-9(13)8-6-16-5-4-11-8/h7-8,10-11H,4-6H2,1-3H3,(H,12,13). The summed E-state index contributed by atoms with van der Waals surface area (Å²) in [5.41, 5.74) is 0. The van der Waals surface area contributed by atoms with Crippen LogP contribution in [0.2, 0.25) is 0 Å². The molecule has 0 aliphatic carbocycles. The molecule has 2 atom stereocenters. The van der Waals surface area contributed by atoms with Crippen molar-refractivity contribution in [2.24, 2.45) is 0 Å². The summed E-state index contributed by atoms with van der Waals surface area (Å²) in [5.74, 6) is 1.90. The molecule has 1 amide bonds. The molecule has 1 heterocycles. The van der Waals surface area contributed by atoms with Crippen molar-refractivity contribution in [3.63, 3.8) is 0 Å². The molecule has 2 N–H and O–H groups in total. The van der Waals surface area contributed by atoms with Crippen molar-refractivity contribution in [3.05, 3.63) is 0 Å². The van der Waals surface area contributed by atoms with Gasteiger partial charge in [-0.2, -0.15) is 11.8 Å². The first-order chi connectivity index (χ1) is 7.69. The minimum absolute atomic E-state index is 0.0128. The van der Waals surface area contributed by atoms with Crippen LogP contribution >= 0.6 is 11.8 Å². The molecule has 5 nitrogen and oxygen atoms in total. The number of methoxy groups -OCH3 is 2. The van der Waals surface area contributed by atoms with Crippen LogP contribution in [0, 0.1) is 0 Å². The van der Waals surface area contributed by atoms with E-state index in [4.69, 9.17) is 9.47 Å². The predicted molar refractivity (Wildman–Crippen MR) is 64.5 cm³/mol. The molecule has 0 spiro atoms. The fourth-order valence-corrected chi connectivity index (χ4v) is 2.57. The Kier molecular flexibility index (Phi) is 6.12. The highest BCUT2D eigenvalue weighted by Gasteiger charge is 2.24. The van der Waals surface area contributed by atoms with Gasteiger partial charge in [0.1, 0.15) is 0 Å². The fraction of sp³-hybridized carbons (Fsp3) is 0.900. The number of ether oxygens (including phenoxy) is 2. The van der Waals surface area contributed by atoms with Crippen molar-refractivity contribution in [1.82, 2.24) is 10.6 Å². The maximum atomic E-state index is 11.8. The van der Waals surface area contributed by atoms with Crippen LogP contribution in [0.1, 0.15) is 6.92 Å². The second-order valence-corrected chi connectivity index (χ2v) is 4.87. The van der Waals surface area contributed by atoms with Gasteiger partial charge in [-0.1, -0.05) is 0 Å². The van der Waals surface area contributed by atoms with E-state index in [1.807, 2.05) is 6.92 Å². The zero-order valence-corrected chi connectivity index (χ0v) is 10.8. The average Bonchev–Trinajstić information content (AvgIpc) is 2.31. The Morgan fingerprint density at radius 1 is 1.50 bits per heavy atom. The lowest BCUT2D eigenvalue weighted by Crippen LogP contribution is -2.53. The van der Waals surface area contributed by atoms with E-state index in [1.54, 1.807) is 26.0 Å². The molecule has 0 aromatic carbocycles. The Hall–Kier alpha value is -0.300. The highest BCUT2D eigenvalue weighted by atomic mass is 32.2. The van der Waals surface area contributed by atoms with Gasteiger partial charge in [0.15, 0.2) is 6.29 Å². The summed E-state index contributed by atoms with van der Waals surface area (Å²) in [6.45, 7) is 2.75. The van der Waals surface area contributed by atoms with E-state index in [0.29, 0.717) is 0 Å². The van der Waals surface area contributed by atoms with E-state index in [0.717, 1.165) is 18.1 Å². The fourth-order valence-electron chi connectivity index (χ4n) is 1.63. The first-order valence-electron chi connectivity index (χ1n) is 5.36. The van der Waals surface area contributed by atoms with Crippen LogP contribution in [0.3, 0.4) is 0 Å². The van der Waals surface area contributed by atoms with Gasteiger partial charge in [-0.25, -0.2) is 0 Å². The molecule has 1 rings (SSSR count). The molecular weight excluding hydrogens is 228 g/mol. The maximum Gasteiger partial charge on any atom is 0.238 e. The van der Waals surface area contributed by atoms with Crippen molar-refractivity contribution in [3.8, 4) is 0 Å². The number of rotatable bonds is 5. The first-order valence-corrected chi connectivity index (χ1v) is 6.51. The van der Waals surface area contributed by atoms with Crippen LogP contribution in [-0.2, 0) is 14.3 Å². The van der Waals surface area contributed by atoms with Crippen molar-refractivity contribution < 1.29 is 14.3 Å². The number of hydrogen-bond acceptors (Lipinski definition) is 5. The molecule has 1 fully saturated rings. The smallest absolute Gasteiger partial charge is 0.238 e. The summed E-state index contributed by atoms with van der Waals surface area (Å²) < 4.78 is 10.2.